The van der Waals surface area contributed by atoms with E-state index in [-0.39, 0.29) is 5.41 Å². The molecule has 1 aliphatic rings. The predicted molar refractivity (Wildman–Crippen MR) is 111 cm³/mol. The maximum Gasteiger partial charge on any atom is 0.175 e. The van der Waals surface area contributed by atoms with Crippen molar-refractivity contribution in [3.05, 3.63) is 64.7 Å². The van der Waals surface area contributed by atoms with Crippen molar-refractivity contribution in [2.75, 3.05) is 12.8 Å². The number of nitrogens with two attached hydrogens (primary N) is 1. The van der Waals surface area contributed by atoms with Crippen molar-refractivity contribution in [2.24, 2.45) is 5.73 Å². The van der Waals surface area contributed by atoms with E-state index in [1.54, 1.807) is 12.1 Å². The van der Waals surface area contributed by atoms with Crippen LogP contribution in [0.3, 0.4) is 0 Å². The maximum atomic E-state index is 11.5. The SMILES string of the molecule is CS(=O)(=O)c1ccc(CN[C@H]2CC[C@](CN)(c3cccc(Cl)c3)CC2)cc1. The molecule has 0 aliphatic heterocycles. The zero-order valence-electron chi connectivity index (χ0n) is 15.6. The maximum absolute atomic E-state index is 11.5. The van der Waals surface area contributed by atoms with Gasteiger partial charge in [-0.3, -0.25) is 0 Å². The van der Waals surface area contributed by atoms with Crippen LogP contribution in [-0.2, 0) is 21.8 Å². The van der Waals surface area contributed by atoms with Crippen molar-refractivity contribution in [3.8, 4) is 0 Å². The van der Waals surface area contributed by atoms with Gasteiger partial charge >= 0.3 is 0 Å². The number of hydrogen-bond donors (Lipinski definition) is 2. The van der Waals surface area contributed by atoms with Gasteiger partial charge in [0.1, 0.15) is 0 Å². The molecule has 0 heterocycles. The van der Waals surface area contributed by atoms with Gasteiger partial charge in [0.15, 0.2) is 9.84 Å². The molecule has 146 valence electrons. The third kappa shape index (κ3) is 4.91. The fourth-order valence-electron chi connectivity index (χ4n) is 3.92. The first-order valence-corrected chi connectivity index (χ1v) is 11.6. The van der Waals surface area contributed by atoms with E-state index in [1.165, 1.54) is 11.8 Å². The standard InChI is InChI=1S/C21H27ClN2O2S/c1-27(25,26)20-7-5-16(6-8-20)14-24-19-9-11-21(15-23,12-10-19)17-3-2-4-18(22)13-17/h2-8,13,19,24H,9-12,14-15,23H2,1H3/t19-,21-. The number of sulfone groups is 1. The second-order valence-electron chi connectivity index (χ2n) is 7.57. The Morgan fingerprint density at radius 2 is 1.81 bits per heavy atom. The van der Waals surface area contributed by atoms with E-state index in [4.69, 9.17) is 17.3 Å². The summed E-state index contributed by atoms with van der Waals surface area (Å²) >= 11 is 6.18. The predicted octanol–water partition coefficient (Wildman–Crippen LogP) is 3.67. The Kier molecular flexibility index (Phi) is 6.26. The number of hydrogen-bond acceptors (Lipinski definition) is 4. The van der Waals surface area contributed by atoms with E-state index < -0.39 is 9.84 Å². The molecule has 4 nitrogen and oxygen atoms in total. The molecule has 0 bridgehead atoms. The van der Waals surface area contributed by atoms with Gasteiger partial charge in [-0.2, -0.15) is 0 Å². The summed E-state index contributed by atoms with van der Waals surface area (Å²) in [5.74, 6) is 0. The van der Waals surface area contributed by atoms with Crippen LogP contribution >= 0.6 is 11.6 Å². The Balaban J connectivity index is 1.57. The van der Waals surface area contributed by atoms with Crippen LogP contribution in [0.15, 0.2) is 53.4 Å². The largest absolute Gasteiger partial charge is 0.330 e. The molecule has 2 aromatic carbocycles. The van der Waals surface area contributed by atoms with E-state index in [9.17, 15) is 8.42 Å². The van der Waals surface area contributed by atoms with Gasteiger partial charge in [-0.05, 0) is 61.1 Å². The van der Waals surface area contributed by atoms with Gasteiger partial charge in [0, 0.05) is 35.8 Å². The average Bonchev–Trinajstić information content (AvgIpc) is 2.66. The lowest BCUT2D eigenvalue weighted by molar-refractivity contribution is 0.251. The van der Waals surface area contributed by atoms with Crippen molar-refractivity contribution in [1.29, 1.82) is 0 Å². The van der Waals surface area contributed by atoms with Gasteiger partial charge in [-0.15, -0.1) is 0 Å². The van der Waals surface area contributed by atoms with Crippen LogP contribution in [0.5, 0.6) is 0 Å². The molecular weight excluding hydrogens is 380 g/mol. The smallest absolute Gasteiger partial charge is 0.175 e. The summed E-state index contributed by atoms with van der Waals surface area (Å²) in [5.41, 5.74) is 8.52. The minimum Gasteiger partial charge on any atom is -0.330 e. The molecule has 0 unspecified atom stereocenters. The lowest BCUT2D eigenvalue weighted by atomic mass is 9.68. The third-order valence-corrected chi connectivity index (χ3v) is 7.08. The van der Waals surface area contributed by atoms with Gasteiger partial charge in [0.2, 0.25) is 0 Å². The summed E-state index contributed by atoms with van der Waals surface area (Å²) in [6.45, 7) is 1.37. The summed E-state index contributed by atoms with van der Waals surface area (Å²) < 4.78 is 23.1. The molecule has 1 aliphatic carbocycles. The summed E-state index contributed by atoms with van der Waals surface area (Å²) in [5, 5.41) is 4.37. The summed E-state index contributed by atoms with van der Waals surface area (Å²) in [6.07, 6.45) is 5.42. The lowest BCUT2D eigenvalue weighted by Gasteiger charge is -2.40. The van der Waals surface area contributed by atoms with Crippen molar-refractivity contribution in [2.45, 2.75) is 48.6 Å². The lowest BCUT2D eigenvalue weighted by Crippen LogP contribution is -2.43. The minimum atomic E-state index is -3.14. The number of rotatable bonds is 6. The highest BCUT2D eigenvalue weighted by Gasteiger charge is 2.35. The molecule has 3 rings (SSSR count). The van der Waals surface area contributed by atoms with E-state index in [0.717, 1.165) is 42.8 Å². The van der Waals surface area contributed by atoms with E-state index in [0.29, 0.717) is 17.5 Å². The number of benzene rings is 2. The van der Waals surface area contributed by atoms with Crippen LogP contribution < -0.4 is 11.1 Å². The molecule has 0 saturated heterocycles. The first kappa shape index (κ1) is 20.3. The van der Waals surface area contributed by atoms with Gasteiger partial charge < -0.3 is 11.1 Å². The molecule has 2 aromatic rings. The van der Waals surface area contributed by atoms with Gasteiger partial charge in [0.05, 0.1) is 4.90 Å². The minimum absolute atomic E-state index is 0.0141. The number of halogens is 1. The van der Waals surface area contributed by atoms with E-state index in [1.807, 2.05) is 30.3 Å². The van der Waals surface area contributed by atoms with Crippen molar-refractivity contribution < 1.29 is 8.42 Å². The molecule has 3 N–H and O–H groups in total. The molecule has 6 heteroatoms. The fourth-order valence-corrected chi connectivity index (χ4v) is 4.74. The molecule has 0 radical (unpaired) electrons. The average molecular weight is 407 g/mol. The van der Waals surface area contributed by atoms with Gasteiger partial charge in [-0.1, -0.05) is 35.9 Å². The fraction of sp³-hybridized carbons (Fsp3) is 0.429. The first-order chi connectivity index (χ1) is 12.8. The quantitative estimate of drug-likeness (QED) is 0.767. The van der Waals surface area contributed by atoms with Crippen molar-refractivity contribution >= 4 is 21.4 Å². The van der Waals surface area contributed by atoms with Crippen molar-refractivity contribution in [3.63, 3.8) is 0 Å². The van der Waals surface area contributed by atoms with Crippen LogP contribution in [0.25, 0.3) is 0 Å². The second-order valence-corrected chi connectivity index (χ2v) is 10.0. The Labute approximate surface area is 167 Å². The summed E-state index contributed by atoms with van der Waals surface area (Å²) in [7, 11) is -3.14. The van der Waals surface area contributed by atoms with Crippen LogP contribution in [0, 0.1) is 0 Å². The topological polar surface area (TPSA) is 72.2 Å². The zero-order valence-corrected chi connectivity index (χ0v) is 17.2. The Morgan fingerprint density at radius 1 is 1.15 bits per heavy atom. The second kappa shape index (κ2) is 8.31. The van der Waals surface area contributed by atoms with Crippen LogP contribution in [0.2, 0.25) is 5.02 Å². The first-order valence-electron chi connectivity index (χ1n) is 9.31. The molecule has 0 aromatic heterocycles. The zero-order chi connectivity index (χ0) is 19.5. The van der Waals surface area contributed by atoms with E-state index in [2.05, 4.69) is 11.4 Å². The molecule has 0 atom stereocenters. The number of nitrogens with one attached hydrogen (secondary N) is 1. The summed E-state index contributed by atoms with van der Waals surface area (Å²) in [6, 6.07) is 15.6. The molecule has 0 amide bonds. The van der Waals surface area contributed by atoms with Gasteiger partial charge in [-0.25, -0.2) is 8.42 Å². The Morgan fingerprint density at radius 3 is 2.37 bits per heavy atom. The normalized spacial score (nSPS) is 23.3. The third-order valence-electron chi connectivity index (χ3n) is 5.72. The highest BCUT2D eigenvalue weighted by molar-refractivity contribution is 7.90. The highest BCUT2D eigenvalue weighted by Crippen LogP contribution is 2.39. The molecular formula is C21H27ClN2O2S. The van der Waals surface area contributed by atoms with Crippen LogP contribution in [-0.4, -0.2) is 27.3 Å². The van der Waals surface area contributed by atoms with E-state index >= 15 is 0 Å². The highest BCUT2D eigenvalue weighted by atomic mass is 35.5. The van der Waals surface area contributed by atoms with Crippen LogP contribution in [0.1, 0.15) is 36.8 Å². The molecule has 1 saturated carbocycles. The molecule has 27 heavy (non-hydrogen) atoms. The molecule has 1 fully saturated rings. The van der Waals surface area contributed by atoms with Gasteiger partial charge in [0.25, 0.3) is 0 Å². The van der Waals surface area contributed by atoms with Crippen molar-refractivity contribution in [1.82, 2.24) is 5.32 Å². The Hall–Kier alpha value is -1.40. The summed E-state index contributed by atoms with van der Waals surface area (Å²) in [4.78, 5) is 0.359. The Bertz CT molecular complexity index is 873. The molecule has 0 spiro atoms. The monoisotopic (exact) mass is 406 g/mol. The van der Waals surface area contributed by atoms with Crippen LogP contribution in [0.4, 0.5) is 0 Å².